The predicted molar refractivity (Wildman–Crippen MR) is 65.3 cm³/mol. The molecule has 5 heteroatoms. The summed E-state index contributed by atoms with van der Waals surface area (Å²) in [6, 6.07) is 0.971. The van der Waals surface area contributed by atoms with Crippen molar-refractivity contribution in [3.63, 3.8) is 0 Å². The van der Waals surface area contributed by atoms with E-state index in [0.29, 0.717) is 17.8 Å². The molecule has 0 fully saturated rings. The first-order chi connectivity index (χ1) is 8.51. The van der Waals surface area contributed by atoms with Gasteiger partial charge in [-0.1, -0.05) is 6.92 Å². The van der Waals surface area contributed by atoms with E-state index in [1.165, 1.54) is 0 Å². The van der Waals surface area contributed by atoms with Gasteiger partial charge in [-0.25, -0.2) is 18.2 Å². The maximum atomic E-state index is 13.7. The first-order valence-electron chi connectivity index (χ1n) is 5.65. The van der Waals surface area contributed by atoms with Crippen molar-refractivity contribution in [2.45, 2.75) is 20.3 Å². The molecule has 0 unspecified atom stereocenters. The molecular formula is C13H13F3N2. The molecule has 1 aromatic carbocycles. The van der Waals surface area contributed by atoms with Gasteiger partial charge in [-0.2, -0.15) is 0 Å². The zero-order valence-electron chi connectivity index (χ0n) is 10.4. The van der Waals surface area contributed by atoms with E-state index in [9.17, 15) is 13.2 Å². The highest BCUT2D eigenvalue weighted by Gasteiger charge is 2.19. The lowest BCUT2D eigenvalue weighted by Crippen LogP contribution is -2.04. The Morgan fingerprint density at radius 1 is 1.22 bits per heavy atom. The van der Waals surface area contributed by atoms with Gasteiger partial charge >= 0.3 is 0 Å². The molecule has 0 aliphatic carbocycles. The Labute approximate surface area is 103 Å². The molecule has 0 aliphatic rings. The van der Waals surface area contributed by atoms with Gasteiger partial charge < -0.3 is 5.32 Å². The molecule has 0 spiro atoms. The second kappa shape index (κ2) is 4.48. The molecule has 0 saturated carbocycles. The Morgan fingerprint density at radius 2 is 1.89 bits per heavy atom. The third-order valence-electron chi connectivity index (χ3n) is 3.05. The highest BCUT2D eigenvalue weighted by molar-refractivity contribution is 5.93. The lowest BCUT2D eigenvalue weighted by atomic mass is 10.0. The van der Waals surface area contributed by atoms with Crippen molar-refractivity contribution < 1.29 is 13.2 Å². The molecule has 2 aromatic rings. The highest BCUT2D eigenvalue weighted by Crippen LogP contribution is 2.31. The van der Waals surface area contributed by atoms with E-state index in [2.05, 4.69) is 10.3 Å². The normalized spacial score (nSPS) is 11.0. The summed E-state index contributed by atoms with van der Waals surface area (Å²) in [6.07, 6.45) is 0.592. The number of rotatable bonds is 2. The maximum Gasteiger partial charge on any atom is 0.196 e. The number of aromatic nitrogens is 1. The number of anilines is 1. The predicted octanol–water partition coefficient (Wildman–Crippen LogP) is 3.56. The second-order valence-electron chi connectivity index (χ2n) is 4.04. The van der Waals surface area contributed by atoms with Crippen LogP contribution in [0.4, 0.5) is 18.9 Å². The second-order valence-corrected chi connectivity index (χ2v) is 4.04. The summed E-state index contributed by atoms with van der Waals surface area (Å²) >= 11 is 0. The number of fused-ring (bicyclic) bond motifs is 1. The van der Waals surface area contributed by atoms with E-state index in [4.69, 9.17) is 0 Å². The van der Waals surface area contributed by atoms with E-state index in [1.807, 2.05) is 13.8 Å². The van der Waals surface area contributed by atoms with Crippen LogP contribution in [0.2, 0.25) is 0 Å². The zero-order chi connectivity index (χ0) is 13.4. The molecule has 2 rings (SSSR count). The summed E-state index contributed by atoms with van der Waals surface area (Å²) in [5.74, 6) is -3.93. The Kier molecular flexibility index (Phi) is 3.15. The van der Waals surface area contributed by atoms with Crippen LogP contribution in [0, 0.1) is 24.4 Å². The molecule has 18 heavy (non-hydrogen) atoms. The first kappa shape index (κ1) is 12.7. The van der Waals surface area contributed by atoms with Crippen molar-refractivity contribution in [3.05, 3.63) is 34.8 Å². The van der Waals surface area contributed by atoms with Crippen LogP contribution in [0.25, 0.3) is 10.9 Å². The fourth-order valence-electron chi connectivity index (χ4n) is 2.12. The summed E-state index contributed by atoms with van der Waals surface area (Å²) in [5, 5.41) is 3.14. The lowest BCUT2D eigenvalue weighted by Gasteiger charge is -2.14. The summed E-state index contributed by atoms with van der Waals surface area (Å²) in [6.45, 7) is 3.69. The Morgan fingerprint density at radius 3 is 2.44 bits per heavy atom. The smallest absolute Gasteiger partial charge is 0.196 e. The molecule has 1 N–H and O–H groups in total. The molecule has 0 atom stereocenters. The highest BCUT2D eigenvalue weighted by atomic mass is 19.2. The Hall–Kier alpha value is -1.78. The first-order valence-corrected chi connectivity index (χ1v) is 5.65. The number of hydrogen-bond acceptors (Lipinski definition) is 2. The van der Waals surface area contributed by atoms with Crippen LogP contribution in [0.1, 0.15) is 18.2 Å². The molecule has 0 aliphatic heterocycles. The van der Waals surface area contributed by atoms with Crippen molar-refractivity contribution in [2.24, 2.45) is 0 Å². The summed E-state index contributed by atoms with van der Waals surface area (Å²) in [7, 11) is 1.65. The average molecular weight is 254 g/mol. The average Bonchev–Trinajstić information content (AvgIpc) is 2.36. The molecule has 0 amide bonds. The SMILES string of the molecule is CCc1nc2c(F)c(F)c(F)cc2c(NC)c1C. The van der Waals surface area contributed by atoms with Gasteiger partial charge in [0.15, 0.2) is 17.5 Å². The molecule has 1 aromatic heterocycles. The van der Waals surface area contributed by atoms with E-state index >= 15 is 0 Å². The lowest BCUT2D eigenvalue weighted by molar-refractivity contribution is 0.452. The molecule has 1 heterocycles. The van der Waals surface area contributed by atoms with Gasteiger partial charge in [0.25, 0.3) is 0 Å². The number of aryl methyl sites for hydroxylation is 1. The fraction of sp³-hybridized carbons (Fsp3) is 0.308. The summed E-state index contributed by atoms with van der Waals surface area (Å²) in [4.78, 5) is 4.08. The molecule has 2 nitrogen and oxygen atoms in total. The molecule has 0 radical (unpaired) electrons. The van der Waals surface area contributed by atoms with Gasteiger partial charge in [0.2, 0.25) is 0 Å². The molecule has 0 bridgehead atoms. The van der Waals surface area contributed by atoms with E-state index in [1.54, 1.807) is 7.05 Å². The quantitative estimate of drug-likeness (QED) is 0.829. The minimum Gasteiger partial charge on any atom is -0.387 e. The van der Waals surface area contributed by atoms with E-state index < -0.39 is 17.5 Å². The maximum absolute atomic E-state index is 13.7. The van der Waals surface area contributed by atoms with Crippen LogP contribution >= 0.6 is 0 Å². The number of hydrogen-bond donors (Lipinski definition) is 1. The van der Waals surface area contributed by atoms with Gasteiger partial charge in [0, 0.05) is 23.8 Å². The van der Waals surface area contributed by atoms with Gasteiger partial charge in [0.05, 0.1) is 0 Å². The minimum absolute atomic E-state index is 0.138. The number of nitrogens with one attached hydrogen (secondary N) is 1. The Balaban J connectivity index is 2.97. The van der Waals surface area contributed by atoms with Crippen LogP contribution in [0.3, 0.4) is 0 Å². The zero-order valence-corrected chi connectivity index (χ0v) is 10.4. The van der Waals surface area contributed by atoms with Gasteiger partial charge in [0.1, 0.15) is 5.52 Å². The molecule has 96 valence electrons. The van der Waals surface area contributed by atoms with Crippen molar-refractivity contribution in [1.82, 2.24) is 4.98 Å². The largest absolute Gasteiger partial charge is 0.387 e. The van der Waals surface area contributed by atoms with Crippen molar-refractivity contribution in [1.29, 1.82) is 0 Å². The Bertz CT molecular complexity index is 624. The summed E-state index contributed by atoms with van der Waals surface area (Å²) in [5.41, 5.74) is 1.92. The van der Waals surface area contributed by atoms with Crippen molar-refractivity contribution >= 4 is 16.6 Å². The standard InChI is InChI=1S/C13H13F3N2/c1-4-9-6(2)12(17-3)7-5-8(14)10(15)11(16)13(7)18-9/h5H,4H2,1-3H3,(H,17,18). The van der Waals surface area contributed by atoms with Crippen LogP contribution in [0.5, 0.6) is 0 Å². The number of benzene rings is 1. The topological polar surface area (TPSA) is 24.9 Å². The van der Waals surface area contributed by atoms with Crippen molar-refractivity contribution in [2.75, 3.05) is 12.4 Å². The van der Waals surface area contributed by atoms with E-state index in [-0.39, 0.29) is 10.9 Å². The van der Waals surface area contributed by atoms with Gasteiger partial charge in [-0.3, -0.25) is 0 Å². The molecule has 0 saturated heterocycles. The third kappa shape index (κ3) is 1.70. The summed E-state index contributed by atoms with van der Waals surface area (Å²) < 4.78 is 40.2. The van der Waals surface area contributed by atoms with Gasteiger partial charge in [-0.15, -0.1) is 0 Å². The van der Waals surface area contributed by atoms with Crippen LogP contribution in [0.15, 0.2) is 6.07 Å². The van der Waals surface area contributed by atoms with Crippen LogP contribution < -0.4 is 5.32 Å². The number of halogens is 3. The van der Waals surface area contributed by atoms with E-state index in [0.717, 1.165) is 11.6 Å². The monoisotopic (exact) mass is 254 g/mol. The third-order valence-corrected chi connectivity index (χ3v) is 3.05. The molecular weight excluding hydrogens is 241 g/mol. The minimum atomic E-state index is -1.48. The van der Waals surface area contributed by atoms with Crippen LogP contribution in [-0.4, -0.2) is 12.0 Å². The fourth-order valence-corrected chi connectivity index (χ4v) is 2.12. The van der Waals surface area contributed by atoms with Crippen LogP contribution in [-0.2, 0) is 6.42 Å². The van der Waals surface area contributed by atoms with Crippen molar-refractivity contribution in [3.8, 4) is 0 Å². The number of nitrogens with zero attached hydrogens (tertiary/aromatic N) is 1. The number of pyridine rings is 1. The van der Waals surface area contributed by atoms with Gasteiger partial charge in [-0.05, 0) is 25.0 Å².